The second-order valence-electron chi connectivity index (χ2n) is 9.84. The van der Waals surface area contributed by atoms with E-state index >= 15 is 0 Å². The largest absolute Gasteiger partial charge is 0.444 e. The molecule has 9 heteroatoms. The van der Waals surface area contributed by atoms with Crippen molar-refractivity contribution < 1.29 is 23.9 Å². The quantitative estimate of drug-likeness (QED) is 0.703. The number of imide groups is 1. The molecule has 0 spiro atoms. The van der Waals surface area contributed by atoms with Crippen LogP contribution in [0, 0.1) is 0 Å². The van der Waals surface area contributed by atoms with E-state index in [1.165, 1.54) is 0 Å². The summed E-state index contributed by atoms with van der Waals surface area (Å²) in [5.41, 5.74) is 0.880. The van der Waals surface area contributed by atoms with Crippen LogP contribution >= 0.6 is 0 Å². The van der Waals surface area contributed by atoms with E-state index in [2.05, 4.69) is 10.2 Å². The molecule has 0 aliphatic carbocycles. The highest BCUT2D eigenvalue weighted by Crippen LogP contribution is 2.35. The van der Waals surface area contributed by atoms with Gasteiger partial charge in [-0.05, 0) is 57.9 Å². The fraction of sp³-hybridized carbons (Fsp3) is 0.565. The van der Waals surface area contributed by atoms with Crippen molar-refractivity contribution in [1.82, 2.24) is 15.1 Å². The number of piperidine rings is 1. The lowest BCUT2D eigenvalue weighted by molar-refractivity contribution is -0.142. The standard InChI is InChI=1S/C23H30N4O5/c1-22(2,3)32-21(31)26-11-9-25(10-12-26)16-5-6-17-15(13-16)14-27(19(17)29)23(4)8-7-18(28)24-20(23)30/h5-6,13H,7-12,14H2,1-4H3,(H,24,28,30)/t23-/m0/s1. The normalized spacial score (nSPS) is 23.9. The second-order valence-corrected chi connectivity index (χ2v) is 9.84. The highest BCUT2D eigenvalue weighted by molar-refractivity contribution is 6.07. The number of hydrogen-bond donors (Lipinski definition) is 1. The van der Waals surface area contributed by atoms with Gasteiger partial charge in [0.05, 0.1) is 0 Å². The maximum atomic E-state index is 13.0. The summed E-state index contributed by atoms with van der Waals surface area (Å²) in [7, 11) is 0. The number of piperazine rings is 1. The van der Waals surface area contributed by atoms with E-state index in [0.717, 1.165) is 11.3 Å². The third-order valence-electron chi connectivity index (χ3n) is 6.37. The molecule has 4 amide bonds. The van der Waals surface area contributed by atoms with Crippen LogP contribution in [0.25, 0.3) is 0 Å². The Morgan fingerprint density at radius 1 is 1.09 bits per heavy atom. The number of carbonyl (C=O) groups excluding carboxylic acids is 4. The van der Waals surface area contributed by atoms with E-state index in [1.54, 1.807) is 16.7 Å². The topological polar surface area (TPSA) is 99.3 Å². The number of nitrogens with zero attached hydrogens (tertiary/aromatic N) is 3. The fourth-order valence-corrected chi connectivity index (χ4v) is 4.43. The minimum Gasteiger partial charge on any atom is -0.444 e. The Bertz CT molecular complexity index is 977. The molecule has 172 valence electrons. The maximum Gasteiger partial charge on any atom is 0.410 e. The van der Waals surface area contributed by atoms with Gasteiger partial charge in [0.2, 0.25) is 5.91 Å². The van der Waals surface area contributed by atoms with Gasteiger partial charge in [-0.2, -0.15) is 0 Å². The molecule has 0 unspecified atom stereocenters. The van der Waals surface area contributed by atoms with Crippen LogP contribution in [-0.2, 0) is 20.9 Å². The molecule has 1 atom stereocenters. The van der Waals surface area contributed by atoms with Crippen molar-refractivity contribution in [2.75, 3.05) is 31.1 Å². The van der Waals surface area contributed by atoms with Crippen LogP contribution in [-0.4, -0.2) is 70.9 Å². The number of anilines is 1. The van der Waals surface area contributed by atoms with Crippen molar-refractivity contribution in [2.24, 2.45) is 0 Å². The van der Waals surface area contributed by atoms with Gasteiger partial charge in [0, 0.05) is 50.4 Å². The number of rotatable bonds is 2. The fourth-order valence-electron chi connectivity index (χ4n) is 4.43. The van der Waals surface area contributed by atoms with E-state index in [1.807, 2.05) is 39.0 Å². The van der Waals surface area contributed by atoms with Crippen LogP contribution in [0.15, 0.2) is 18.2 Å². The number of nitrogens with one attached hydrogen (secondary N) is 1. The van der Waals surface area contributed by atoms with Crippen molar-refractivity contribution in [3.05, 3.63) is 29.3 Å². The minimum atomic E-state index is -1.04. The molecular formula is C23H30N4O5. The van der Waals surface area contributed by atoms with Gasteiger partial charge in [-0.15, -0.1) is 0 Å². The lowest BCUT2D eigenvalue weighted by Crippen LogP contribution is -2.61. The van der Waals surface area contributed by atoms with E-state index < -0.39 is 17.0 Å². The second kappa shape index (κ2) is 7.79. The maximum absolute atomic E-state index is 13.0. The Labute approximate surface area is 187 Å². The monoisotopic (exact) mass is 442 g/mol. The van der Waals surface area contributed by atoms with Crippen LogP contribution in [0.2, 0.25) is 0 Å². The molecular weight excluding hydrogens is 412 g/mol. The smallest absolute Gasteiger partial charge is 0.410 e. The number of fused-ring (bicyclic) bond motifs is 1. The van der Waals surface area contributed by atoms with E-state index in [4.69, 9.17) is 4.74 Å². The number of benzene rings is 1. The summed E-state index contributed by atoms with van der Waals surface area (Å²) in [4.78, 5) is 54.9. The predicted molar refractivity (Wildman–Crippen MR) is 117 cm³/mol. The zero-order chi connectivity index (χ0) is 23.3. The first-order valence-corrected chi connectivity index (χ1v) is 11.0. The summed E-state index contributed by atoms with van der Waals surface area (Å²) < 4.78 is 5.46. The molecule has 3 heterocycles. The van der Waals surface area contributed by atoms with Gasteiger partial charge < -0.3 is 19.4 Å². The first-order valence-electron chi connectivity index (χ1n) is 11.0. The molecule has 0 radical (unpaired) electrons. The van der Waals surface area contributed by atoms with Crippen molar-refractivity contribution in [2.45, 2.75) is 58.2 Å². The number of ether oxygens (including phenoxy) is 1. The van der Waals surface area contributed by atoms with Gasteiger partial charge in [-0.3, -0.25) is 19.7 Å². The molecule has 0 aromatic heterocycles. The number of hydrogen-bond acceptors (Lipinski definition) is 6. The highest BCUT2D eigenvalue weighted by atomic mass is 16.6. The molecule has 32 heavy (non-hydrogen) atoms. The molecule has 1 N–H and O–H groups in total. The van der Waals surface area contributed by atoms with E-state index in [9.17, 15) is 19.2 Å². The summed E-state index contributed by atoms with van der Waals surface area (Å²) in [6, 6.07) is 5.71. The van der Waals surface area contributed by atoms with Crippen molar-refractivity contribution in [3.8, 4) is 0 Å². The average molecular weight is 443 g/mol. The zero-order valence-electron chi connectivity index (χ0n) is 19.1. The first-order chi connectivity index (χ1) is 15.0. The van der Waals surface area contributed by atoms with Crippen LogP contribution in [0.4, 0.5) is 10.5 Å². The lowest BCUT2D eigenvalue weighted by Gasteiger charge is -2.39. The number of amides is 4. The molecule has 4 rings (SSSR count). The number of carbonyl (C=O) groups is 4. The van der Waals surface area contributed by atoms with Gasteiger partial charge in [-0.1, -0.05) is 0 Å². The van der Waals surface area contributed by atoms with Gasteiger partial charge in [0.25, 0.3) is 11.8 Å². The van der Waals surface area contributed by atoms with E-state index in [-0.39, 0.29) is 24.3 Å². The molecule has 1 aromatic carbocycles. The van der Waals surface area contributed by atoms with Gasteiger partial charge in [-0.25, -0.2) is 4.79 Å². The Morgan fingerprint density at radius 2 is 1.78 bits per heavy atom. The lowest BCUT2D eigenvalue weighted by atomic mass is 9.89. The molecule has 0 bridgehead atoms. The Kier molecular flexibility index (Phi) is 5.38. The van der Waals surface area contributed by atoms with Crippen molar-refractivity contribution in [1.29, 1.82) is 0 Å². The third-order valence-corrected chi connectivity index (χ3v) is 6.37. The SMILES string of the molecule is CC(C)(C)OC(=O)N1CCN(c2ccc3c(c2)CN([C@@]2(C)CCC(=O)NC2=O)C3=O)CC1. The third kappa shape index (κ3) is 4.03. The molecule has 0 saturated carbocycles. The highest BCUT2D eigenvalue weighted by Gasteiger charge is 2.48. The van der Waals surface area contributed by atoms with Crippen LogP contribution in [0.3, 0.4) is 0 Å². The summed E-state index contributed by atoms with van der Waals surface area (Å²) in [6.07, 6.45) is 0.233. The van der Waals surface area contributed by atoms with Gasteiger partial charge in [0.1, 0.15) is 11.1 Å². The molecule has 2 saturated heterocycles. The van der Waals surface area contributed by atoms with Gasteiger partial charge >= 0.3 is 6.09 Å². The van der Waals surface area contributed by atoms with Gasteiger partial charge in [0.15, 0.2) is 0 Å². The predicted octanol–water partition coefficient (Wildman–Crippen LogP) is 1.89. The summed E-state index contributed by atoms with van der Waals surface area (Å²) in [5, 5.41) is 2.36. The molecule has 9 nitrogen and oxygen atoms in total. The average Bonchev–Trinajstić information content (AvgIpc) is 3.06. The molecule has 3 aliphatic rings. The zero-order valence-corrected chi connectivity index (χ0v) is 19.1. The van der Waals surface area contributed by atoms with Crippen LogP contribution in [0.1, 0.15) is 56.5 Å². The molecule has 3 aliphatic heterocycles. The van der Waals surface area contributed by atoms with Crippen LogP contribution in [0.5, 0.6) is 0 Å². The summed E-state index contributed by atoms with van der Waals surface area (Å²) in [6.45, 7) is 10.1. The van der Waals surface area contributed by atoms with Crippen LogP contribution < -0.4 is 10.2 Å². The molecule has 2 fully saturated rings. The Balaban J connectivity index is 1.44. The Hall–Kier alpha value is -3.10. The molecule has 1 aromatic rings. The van der Waals surface area contributed by atoms with E-state index in [0.29, 0.717) is 44.7 Å². The van der Waals surface area contributed by atoms with Crippen molar-refractivity contribution in [3.63, 3.8) is 0 Å². The summed E-state index contributed by atoms with van der Waals surface area (Å²) >= 11 is 0. The minimum absolute atomic E-state index is 0.187. The Morgan fingerprint density at radius 3 is 2.41 bits per heavy atom. The summed E-state index contributed by atoms with van der Waals surface area (Å²) in [5.74, 6) is -0.911. The van der Waals surface area contributed by atoms with Crippen molar-refractivity contribution >= 4 is 29.5 Å². The first kappa shape index (κ1) is 22.1.